The van der Waals surface area contributed by atoms with Crippen molar-refractivity contribution in [3.05, 3.63) is 55.0 Å². The molecule has 1 aromatic carbocycles. The van der Waals surface area contributed by atoms with Crippen LogP contribution in [-0.4, -0.2) is 31.1 Å². The Morgan fingerprint density at radius 2 is 1.54 bits per heavy atom. The van der Waals surface area contributed by atoms with Gasteiger partial charge in [-0.3, -0.25) is 19.7 Å². The van der Waals surface area contributed by atoms with Crippen molar-refractivity contribution in [2.75, 3.05) is 0 Å². The van der Waals surface area contributed by atoms with Crippen molar-refractivity contribution >= 4 is 5.91 Å². The summed E-state index contributed by atoms with van der Waals surface area (Å²) in [6.45, 7) is 0.833. The predicted octanol–water partition coefficient (Wildman–Crippen LogP) is 3.85. The van der Waals surface area contributed by atoms with E-state index in [0.29, 0.717) is 6.42 Å². The lowest BCUT2D eigenvalue weighted by Crippen LogP contribution is -2.17. The molecule has 28 heavy (non-hydrogen) atoms. The molecule has 2 N–H and O–H groups in total. The van der Waals surface area contributed by atoms with Crippen molar-refractivity contribution in [2.24, 2.45) is 0 Å². The summed E-state index contributed by atoms with van der Waals surface area (Å²) in [5, 5.41) is 16.9. The molecule has 0 aliphatic carbocycles. The first kappa shape index (κ1) is 19.7. The highest BCUT2D eigenvalue weighted by molar-refractivity contribution is 5.74. The third-order valence-electron chi connectivity index (χ3n) is 4.65. The molecule has 0 aliphatic heterocycles. The van der Waals surface area contributed by atoms with E-state index in [1.54, 1.807) is 17.9 Å². The average molecular weight is 379 g/mol. The molecule has 2 heterocycles. The van der Waals surface area contributed by atoms with Gasteiger partial charge < -0.3 is 0 Å². The fourth-order valence-corrected chi connectivity index (χ4v) is 3.06. The number of hydroxylamine groups is 1. The summed E-state index contributed by atoms with van der Waals surface area (Å²) in [5.74, 6) is -0.316. The van der Waals surface area contributed by atoms with Gasteiger partial charge in [-0.1, -0.05) is 48.7 Å². The Morgan fingerprint density at radius 3 is 2.29 bits per heavy atom. The number of benzene rings is 1. The minimum absolute atomic E-state index is 0.316. The second-order valence-corrected chi connectivity index (χ2v) is 6.73. The number of pyridine rings is 1. The Labute approximate surface area is 164 Å². The molecule has 0 unspecified atom stereocenters. The summed E-state index contributed by atoms with van der Waals surface area (Å²) >= 11 is 0. The molecular formula is C21H25N5O2. The maximum absolute atomic E-state index is 10.9. The van der Waals surface area contributed by atoms with Crippen LogP contribution in [0.1, 0.15) is 38.5 Å². The van der Waals surface area contributed by atoms with E-state index in [2.05, 4.69) is 39.6 Å². The Morgan fingerprint density at radius 1 is 0.893 bits per heavy atom. The molecule has 146 valence electrons. The van der Waals surface area contributed by atoms with Gasteiger partial charge in [0.1, 0.15) is 5.69 Å². The number of aryl methyl sites for hydroxylation is 1. The monoisotopic (exact) mass is 379 g/mol. The van der Waals surface area contributed by atoms with E-state index in [0.717, 1.165) is 61.0 Å². The van der Waals surface area contributed by atoms with Gasteiger partial charge in [-0.25, -0.2) is 5.48 Å². The number of carbonyl (C=O) groups excluding carboxylic acids is 1. The van der Waals surface area contributed by atoms with Crippen LogP contribution in [0.4, 0.5) is 0 Å². The van der Waals surface area contributed by atoms with Crippen LogP contribution in [-0.2, 0) is 11.3 Å². The number of rotatable bonds is 10. The van der Waals surface area contributed by atoms with Crippen LogP contribution >= 0.6 is 0 Å². The van der Waals surface area contributed by atoms with E-state index in [4.69, 9.17) is 5.21 Å². The van der Waals surface area contributed by atoms with Gasteiger partial charge in [0, 0.05) is 30.9 Å². The molecule has 0 atom stereocenters. The zero-order valence-electron chi connectivity index (χ0n) is 15.8. The highest BCUT2D eigenvalue weighted by Crippen LogP contribution is 2.23. The van der Waals surface area contributed by atoms with Gasteiger partial charge in [0.2, 0.25) is 5.91 Å². The Kier molecular flexibility index (Phi) is 7.26. The smallest absolute Gasteiger partial charge is 0.243 e. The maximum atomic E-state index is 10.9. The fraction of sp³-hybridized carbons (Fsp3) is 0.333. The first-order valence-electron chi connectivity index (χ1n) is 9.60. The molecule has 0 aliphatic rings. The maximum Gasteiger partial charge on any atom is 0.243 e. The van der Waals surface area contributed by atoms with Crippen LogP contribution in [0.15, 0.2) is 55.0 Å². The van der Waals surface area contributed by atoms with Gasteiger partial charge in [-0.2, -0.15) is 0 Å². The molecule has 0 bridgehead atoms. The molecule has 0 fully saturated rings. The summed E-state index contributed by atoms with van der Waals surface area (Å²) in [4.78, 5) is 15.0. The number of nitrogens with one attached hydrogen (secondary N) is 1. The molecule has 7 heteroatoms. The lowest BCUT2D eigenvalue weighted by molar-refractivity contribution is -0.129. The van der Waals surface area contributed by atoms with Gasteiger partial charge in [0.25, 0.3) is 0 Å². The number of unbranched alkanes of at least 4 members (excludes halogenated alkanes) is 4. The van der Waals surface area contributed by atoms with Crippen LogP contribution in [0, 0.1) is 0 Å². The lowest BCUT2D eigenvalue weighted by atomic mass is 10.0. The lowest BCUT2D eigenvalue weighted by Gasteiger charge is -2.02. The largest absolute Gasteiger partial charge is 0.289 e. The van der Waals surface area contributed by atoms with Crippen molar-refractivity contribution in [3.63, 3.8) is 0 Å². The Hall–Kier alpha value is -3.06. The number of hydrogen-bond acceptors (Lipinski definition) is 5. The van der Waals surface area contributed by atoms with E-state index < -0.39 is 0 Å². The van der Waals surface area contributed by atoms with Crippen molar-refractivity contribution in [1.29, 1.82) is 0 Å². The number of hydrogen-bond donors (Lipinski definition) is 2. The number of amides is 1. The molecule has 1 amide bonds. The van der Waals surface area contributed by atoms with Crippen LogP contribution in [0.25, 0.3) is 22.4 Å². The molecule has 0 saturated heterocycles. The van der Waals surface area contributed by atoms with Crippen molar-refractivity contribution in [2.45, 2.75) is 45.1 Å². The number of nitrogens with zero attached hydrogens (tertiary/aromatic N) is 4. The molecule has 0 radical (unpaired) electrons. The average Bonchev–Trinajstić information content (AvgIpc) is 3.22. The third-order valence-corrected chi connectivity index (χ3v) is 4.65. The zero-order chi connectivity index (χ0) is 19.6. The van der Waals surface area contributed by atoms with Crippen LogP contribution in [0.3, 0.4) is 0 Å². The Balaban J connectivity index is 1.43. The first-order chi connectivity index (χ1) is 13.8. The number of carbonyl (C=O) groups is 1. The summed E-state index contributed by atoms with van der Waals surface area (Å²) in [6.07, 6.45) is 10.9. The van der Waals surface area contributed by atoms with E-state index in [9.17, 15) is 4.79 Å². The second-order valence-electron chi connectivity index (χ2n) is 6.73. The van der Waals surface area contributed by atoms with Crippen LogP contribution < -0.4 is 5.48 Å². The van der Waals surface area contributed by atoms with Crippen molar-refractivity contribution in [3.8, 4) is 22.4 Å². The highest BCUT2D eigenvalue weighted by Gasteiger charge is 2.05. The SMILES string of the molecule is O=C(CCCCCCCn1cc(-c2ccc(-c3ccncc3)cc2)nn1)NO. The Bertz CT molecular complexity index is 862. The first-order valence-corrected chi connectivity index (χ1v) is 9.60. The molecule has 7 nitrogen and oxygen atoms in total. The van der Waals surface area contributed by atoms with Crippen LogP contribution in [0.5, 0.6) is 0 Å². The summed E-state index contributed by atoms with van der Waals surface area (Å²) < 4.78 is 1.88. The van der Waals surface area contributed by atoms with Gasteiger partial charge in [-0.05, 0) is 36.1 Å². The molecule has 2 aromatic heterocycles. The third kappa shape index (κ3) is 5.72. The molecule has 0 spiro atoms. The predicted molar refractivity (Wildman–Crippen MR) is 106 cm³/mol. The van der Waals surface area contributed by atoms with E-state index in [1.807, 2.05) is 23.0 Å². The van der Waals surface area contributed by atoms with Gasteiger partial charge in [0.15, 0.2) is 0 Å². The van der Waals surface area contributed by atoms with Gasteiger partial charge in [-0.15, -0.1) is 5.10 Å². The summed E-state index contributed by atoms with van der Waals surface area (Å²) in [6, 6.07) is 12.3. The zero-order valence-corrected chi connectivity index (χ0v) is 15.8. The minimum atomic E-state index is -0.316. The second kappa shape index (κ2) is 10.3. The number of aromatic nitrogens is 4. The summed E-state index contributed by atoms with van der Waals surface area (Å²) in [7, 11) is 0. The van der Waals surface area contributed by atoms with E-state index in [-0.39, 0.29) is 5.91 Å². The standard InChI is InChI=1S/C21H25N5O2/c27-21(24-28)6-4-2-1-3-5-15-26-16-20(23-25-26)19-9-7-17(8-10-19)18-11-13-22-14-12-18/h7-14,16,28H,1-6,15H2,(H,24,27). The topological polar surface area (TPSA) is 92.9 Å². The quantitative estimate of drug-likeness (QED) is 0.317. The molecule has 3 rings (SSSR count). The summed E-state index contributed by atoms with van der Waals surface area (Å²) in [5.41, 5.74) is 5.86. The van der Waals surface area contributed by atoms with Gasteiger partial charge in [0.05, 0.1) is 6.20 Å². The van der Waals surface area contributed by atoms with Crippen molar-refractivity contribution in [1.82, 2.24) is 25.5 Å². The normalized spacial score (nSPS) is 10.8. The molecule has 0 saturated carbocycles. The molecule has 3 aromatic rings. The van der Waals surface area contributed by atoms with E-state index >= 15 is 0 Å². The van der Waals surface area contributed by atoms with E-state index in [1.165, 1.54) is 0 Å². The fourth-order valence-electron chi connectivity index (χ4n) is 3.06. The molecular weight excluding hydrogens is 354 g/mol. The minimum Gasteiger partial charge on any atom is -0.289 e. The van der Waals surface area contributed by atoms with Crippen LogP contribution in [0.2, 0.25) is 0 Å². The highest BCUT2D eigenvalue weighted by atomic mass is 16.5. The van der Waals surface area contributed by atoms with Gasteiger partial charge >= 0.3 is 0 Å². The van der Waals surface area contributed by atoms with Crippen molar-refractivity contribution < 1.29 is 10.0 Å².